The van der Waals surface area contributed by atoms with Crippen molar-refractivity contribution >= 4 is 98.6 Å². The van der Waals surface area contributed by atoms with Gasteiger partial charge in [-0.05, 0) is 35.0 Å². The smallest absolute Gasteiger partial charge is 0.261 e. The monoisotopic (exact) mass is 898 g/mol. The number of benzene rings is 5. The molecule has 296 valence electrons. The highest BCUT2D eigenvalue weighted by atomic mass is 79.9. The van der Waals surface area contributed by atoms with E-state index in [0.29, 0.717) is 81.6 Å². The van der Waals surface area contributed by atoms with Crippen LogP contribution in [0.15, 0.2) is 45.3 Å². The second kappa shape index (κ2) is 18.3. The van der Waals surface area contributed by atoms with Crippen LogP contribution in [0.1, 0.15) is 41.4 Å². The van der Waals surface area contributed by atoms with Gasteiger partial charge in [0, 0.05) is 63.5 Å². The van der Waals surface area contributed by atoms with E-state index in [-0.39, 0.29) is 65.9 Å². The van der Waals surface area contributed by atoms with Crippen molar-refractivity contribution in [3.8, 4) is 0 Å². The largest absolute Gasteiger partial charge is 0.394 e. The van der Waals surface area contributed by atoms with Gasteiger partial charge in [0.05, 0.1) is 106 Å². The normalized spacial score (nSPS) is 14.3. The Morgan fingerprint density at radius 1 is 0.411 bits per heavy atom. The highest BCUT2D eigenvalue weighted by Gasteiger charge is 2.38. The highest BCUT2D eigenvalue weighted by Crippen LogP contribution is 2.50. The molecule has 2 aliphatic rings. The van der Waals surface area contributed by atoms with Crippen LogP contribution in [-0.4, -0.2) is 149 Å². The van der Waals surface area contributed by atoms with Crippen LogP contribution in [0.2, 0.25) is 0 Å². The van der Waals surface area contributed by atoms with E-state index in [4.69, 9.17) is 38.6 Å². The van der Waals surface area contributed by atoms with Gasteiger partial charge >= 0.3 is 0 Å². The second-order valence-corrected chi connectivity index (χ2v) is 14.7. The minimum atomic E-state index is -0.431. The Kier molecular flexibility index (Phi) is 13.2. The molecular weight excluding hydrogens is 860 g/mol. The third-order valence-electron chi connectivity index (χ3n) is 9.79. The van der Waals surface area contributed by atoms with Gasteiger partial charge < -0.3 is 38.6 Å². The number of hydrogen-bond acceptors (Lipinski definition) is 12. The van der Waals surface area contributed by atoms with Crippen molar-refractivity contribution in [3.63, 3.8) is 0 Å². The van der Waals surface area contributed by atoms with Crippen LogP contribution in [0.4, 0.5) is 0 Å². The molecule has 0 saturated carbocycles. The molecule has 7 rings (SSSR count). The zero-order valence-corrected chi connectivity index (χ0v) is 33.6. The third-order valence-corrected chi connectivity index (χ3v) is 11.0. The summed E-state index contributed by atoms with van der Waals surface area (Å²) in [5.74, 6) is -1.70. The Hall–Kier alpha value is -3.68. The van der Waals surface area contributed by atoms with E-state index >= 15 is 0 Å². The number of nitrogens with zero attached hydrogens (tertiary/aromatic N) is 2. The van der Waals surface area contributed by atoms with Gasteiger partial charge in [-0.1, -0.05) is 44.0 Å². The minimum Gasteiger partial charge on any atom is -0.394 e. The standard InChI is InChI=1S/C40H40Br2N2O12/c41-29-21-28-32-26(38(48)44(40(28)50)6-10-52-14-18-56-20-16-54-12-8-46)4-2-24-34-30(42)22-27-31-25(3-1-23(35(31)34)33(29)36(24)32)37(47)43(39(27)49)5-9-51-13-17-55-19-15-53-11-7-45/h1-4,21-22,45-46H,5-20H2. The zero-order valence-electron chi connectivity index (χ0n) is 30.4. The molecule has 5 aromatic carbocycles. The summed E-state index contributed by atoms with van der Waals surface area (Å²) in [7, 11) is 0. The molecule has 0 spiro atoms. The molecular formula is C40H40Br2N2O12. The fraction of sp³-hybridized carbons (Fsp3) is 0.400. The number of carbonyl (C=O) groups excluding carboxylic acids is 4. The molecule has 0 bridgehead atoms. The molecule has 0 unspecified atom stereocenters. The maximum atomic E-state index is 14.0. The number of aliphatic hydroxyl groups is 2. The lowest BCUT2D eigenvalue weighted by Crippen LogP contribution is -2.42. The van der Waals surface area contributed by atoms with Crippen LogP contribution in [0.25, 0.3) is 43.1 Å². The number of halogens is 2. The predicted molar refractivity (Wildman–Crippen MR) is 213 cm³/mol. The van der Waals surface area contributed by atoms with E-state index in [1.54, 1.807) is 24.3 Å². The van der Waals surface area contributed by atoms with Crippen LogP contribution >= 0.6 is 31.9 Å². The highest BCUT2D eigenvalue weighted by molar-refractivity contribution is 9.11. The van der Waals surface area contributed by atoms with Crippen molar-refractivity contribution in [2.75, 3.05) is 106 Å². The number of carbonyl (C=O) groups is 4. The van der Waals surface area contributed by atoms with E-state index < -0.39 is 23.6 Å². The van der Waals surface area contributed by atoms with Gasteiger partial charge in [-0.2, -0.15) is 0 Å². The van der Waals surface area contributed by atoms with E-state index in [2.05, 4.69) is 31.9 Å². The SMILES string of the molecule is O=C1c2ccc3c4c(Br)cc5c6c(ccc(c7c(Br)cc(c2c37)C(=O)N1CCOCCOCCOCCO)c64)C(=O)N(CCOCCOCCOCCO)C5=O. The summed E-state index contributed by atoms with van der Waals surface area (Å²) in [6.07, 6.45) is 0. The summed E-state index contributed by atoms with van der Waals surface area (Å²) >= 11 is 7.50. The number of fused-ring (bicyclic) bond motifs is 2. The van der Waals surface area contributed by atoms with Crippen LogP contribution in [-0.2, 0) is 28.4 Å². The Morgan fingerprint density at radius 3 is 1.09 bits per heavy atom. The first-order valence-electron chi connectivity index (χ1n) is 18.3. The number of aliphatic hydroxyl groups excluding tert-OH is 2. The Labute approximate surface area is 338 Å². The molecule has 0 fully saturated rings. The van der Waals surface area contributed by atoms with E-state index in [0.717, 1.165) is 32.3 Å². The fourth-order valence-corrected chi connectivity index (χ4v) is 8.68. The first-order chi connectivity index (χ1) is 27.3. The second-order valence-electron chi connectivity index (χ2n) is 13.0. The number of hydrogen-bond donors (Lipinski definition) is 2. The van der Waals surface area contributed by atoms with Gasteiger partial charge in [0.25, 0.3) is 23.6 Å². The quantitative estimate of drug-likeness (QED) is 0.0431. The first-order valence-corrected chi connectivity index (χ1v) is 19.9. The van der Waals surface area contributed by atoms with E-state index in [1.807, 2.05) is 12.1 Å². The van der Waals surface area contributed by atoms with Crippen molar-refractivity contribution < 1.29 is 57.8 Å². The number of amides is 4. The molecule has 2 N–H and O–H groups in total. The van der Waals surface area contributed by atoms with Gasteiger partial charge in [-0.15, -0.1) is 0 Å². The van der Waals surface area contributed by atoms with Gasteiger partial charge in [0.1, 0.15) is 0 Å². The van der Waals surface area contributed by atoms with Crippen molar-refractivity contribution in [3.05, 3.63) is 67.6 Å². The topological polar surface area (TPSA) is 171 Å². The molecule has 16 heteroatoms. The Morgan fingerprint density at radius 2 is 0.732 bits per heavy atom. The lowest BCUT2D eigenvalue weighted by Gasteiger charge is -2.30. The van der Waals surface area contributed by atoms with Crippen LogP contribution < -0.4 is 0 Å². The number of imide groups is 2. The van der Waals surface area contributed by atoms with Crippen molar-refractivity contribution in [2.45, 2.75) is 0 Å². The Bertz CT molecular complexity index is 2140. The summed E-state index contributed by atoms with van der Waals surface area (Å²) in [4.78, 5) is 58.2. The summed E-state index contributed by atoms with van der Waals surface area (Å²) in [5, 5.41) is 23.1. The molecule has 2 heterocycles. The van der Waals surface area contributed by atoms with Gasteiger partial charge in [0.15, 0.2) is 0 Å². The lowest BCUT2D eigenvalue weighted by atomic mass is 9.82. The molecule has 0 aromatic heterocycles. The Balaban J connectivity index is 1.13. The molecule has 0 saturated heterocycles. The number of ether oxygens (including phenoxy) is 6. The number of rotatable bonds is 22. The molecule has 0 radical (unpaired) electrons. The molecule has 4 amide bonds. The maximum absolute atomic E-state index is 14.0. The average Bonchev–Trinajstić information content (AvgIpc) is 3.19. The summed E-state index contributed by atoms with van der Waals surface area (Å²) < 4.78 is 33.8. The van der Waals surface area contributed by atoms with E-state index in [1.165, 1.54) is 9.80 Å². The van der Waals surface area contributed by atoms with Crippen LogP contribution in [0.5, 0.6) is 0 Å². The summed E-state index contributed by atoms with van der Waals surface area (Å²) in [5.41, 5.74) is 1.55. The fourth-order valence-electron chi connectivity index (χ4n) is 7.40. The van der Waals surface area contributed by atoms with E-state index in [9.17, 15) is 19.2 Å². The van der Waals surface area contributed by atoms with Gasteiger partial charge in [-0.3, -0.25) is 29.0 Å². The van der Waals surface area contributed by atoms with Crippen LogP contribution in [0.3, 0.4) is 0 Å². The third kappa shape index (κ3) is 7.67. The molecule has 14 nitrogen and oxygen atoms in total. The molecule has 2 aliphatic heterocycles. The predicted octanol–water partition coefficient (Wildman–Crippen LogP) is 4.54. The van der Waals surface area contributed by atoms with Crippen molar-refractivity contribution in [1.82, 2.24) is 9.80 Å². The minimum absolute atomic E-state index is 0.0482. The first kappa shape index (κ1) is 40.5. The summed E-state index contributed by atoms with van der Waals surface area (Å²) in [6.45, 7) is 3.39. The van der Waals surface area contributed by atoms with Crippen molar-refractivity contribution in [2.24, 2.45) is 0 Å². The lowest BCUT2D eigenvalue weighted by molar-refractivity contribution is 0.00495. The van der Waals surface area contributed by atoms with Gasteiger partial charge in [-0.25, -0.2) is 0 Å². The molecule has 56 heavy (non-hydrogen) atoms. The zero-order chi connectivity index (χ0) is 39.3. The molecule has 5 aromatic rings. The van der Waals surface area contributed by atoms with Crippen LogP contribution in [0, 0.1) is 0 Å². The summed E-state index contributed by atoms with van der Waals surface area (Å²) in [6, 6.07) is 10.7. The molecule has 0 atom stereocenters. The maximum Gasteiger partial charge on any atom is 0.261 e. The van der Waals surface area contributed by atoms with Gasteiger partial charge in [0.2, 0.25) is 0 Å². The average molecular weight is 901 g/mol. The molecule has 0 aliphatic carbocycles. The van der Waals surface area contributed by atoms with Crippen molar-refractivity contribution in [1.29, 1.82) is 0 Å².